The number of nitrogens with zero attached hydrogens (tertiary/aromatic N) is 4. The highest BCUT2D eigenvalue weighted by Gasteiger charge is 2.33. The molecule has 1 aromatic carbocycles. The predicted molar refractivity (Wildman–Crippen MR) is 93.5 cm³/mol. The van der Waals surface area contributed by atoms with Gasteiger partial charge in [0.2, 0.25) is 11.8 Å². The van der Waals surface area contributed by atoms with Gasteiger partial charge in [-0.15, -0.1) is 0 Å². The molecule has 1 unspecified atom stereocenters. The van der Waals surface area contributed by atoms with Crippen molar-refractivity contribution in [3.8, 4) is 0 Å². The molecule has 1 aliphatic rings. The van der Waals surface area contributed by atoms with Crippen LogP contribution < -0.4 is 5.73 Å². The minimum Gasteiger partial charge on any atom is -0.368 e. The van der Waals surface area contributed by atoms with Crippen molar-refractivity contribution in [1.82, 2.24) is 19.6 Å². The first-order chi connectivity index (χ1) is 12.1. The first kappa shape index (κ1) is 17.2. The van der Waals surface area contributed by atoms with Crippen molar-refractivity contribution < 1.29 is 9.59 Å². The van der Waals surface area contributed by atoms with Gasteiger partial charge in [0.1, 0.15) is 12.6 Å². The Bertz CT molecular complexity index is 702. The van der Waals surface area contributed by atoms with Crippen molar-refractivity contribution in [2.24, 2.45) is 5.73 Å². The summed E-state index contributed by atoms with van der Waals surface area (Å²) in [5.41, 5.74) is 6.82. The molecule has 1 aromatic heterocycles. The molecule has 0 bridgehead atoms. The number of hydrogen-bond acceptors (Lipinski definition) is 4. The van der Waals surface area contributed by atoms with Crippen LogP contribution in [-0.4, -0.2) is 63.6 Å². The van der Waals surface area contributed by atoms with E-state index >= 15 is 0 Å². The van der Waals surface area contributed by atoms with E-state index in [1.165, 1.54) is 5.56 Å². The van der Waals surface area contributed by atoms with E-state index in [1.54, 1.807) is 28.0 Å². The Morgan fingerprint density at radius 3 is 2.64 bits per heavy atom. The first-order valence-corrected chi connectivity index (χ1v) is 8.46. The lowest BCUT2D eigenvalue weighted by Gasteiger charge is -2.40. The second kappa shape index (κ2) is 7.94. The van der Waals surface area contributed by atoms with Crippen LogP contribution in [0.5, 0.6) is 0 Å². The van der Waals surface area contributed by atoms with Crippen LogP contribution in [0.3, 0.4) is 0 Å². The van der Waals surface area contributed by atoms with Gasteiger partial charge in [-0.05, 0) is 18.1 Å². The van der Waals surface area contributed by atoms with E-state index in [4.69, 9.17) is 5.73 Å². The molecule has 0 aliphatic carbocycles. The van der Waals surface area contributed by atoms with Crippen molar-refractivity contribution >= 4 is 11.8 Å². The number of carbonyl (C=O) groups is 2. The summed E-state index contributed by atoms with van der Waals surface area (Å²) in [6.45, 7) is 2.69. The van der Waals surface area contributed by atoms with Crippen molar-refractivity contribution in [2.75, 3.05) is 26.2 Å². The lowest BCUT2D eigenvalue weighted by Crippen LogP contribution is -2.60. The maximum absolute atomic E-state index is 12.5. The monoisotopic (exact) mass is 341 g/mol. The average Bonchev–Trinajstić information content (AvgIpc) is 3.13. The molecule has 1 atom stereocenters. The molecule has 1 saturated heterocycles. The SMILES string of the molecule is NC(=O)C1CN(CCc2ccccc2)CCN1C(=O)Cn1cccn1. The third kappa shape index (κ3) is 4.45. The molecule has 7 nitrogen and oxygen atoms in total. The zero-order valence-corrected chi connectivity index (χ0v) is 14.1. The minimum atomic E-state index is -0.590. The van der Waals surface area contributed by atoms with Crippen LogP contribution in [0, 0.1) is 0 Å². The number of benzene rings is 1. The molecule has 25 heavy (non-hydrogen) atoms. The molecule has 3 rings (SSSR count). The zero-order valence-electron chi connectivity index (χ0n) is 14.1. The maximum Gasteiger partial charge on any atom is 0.245 e. The number of carbonyl (C=O) groups excluding carboxylic acids is 2. The van der Waals surface area contributed by atoms with E-state index in [1.807, 2.05) is 18.2 Å². The summed E-state index contributed by atoms with van der Waals surface area (Å²) in [6, 6.07) is 11.4. The van der Waals surface area contributed by atoms with E-state index in [0.29, 0.717) is 13.1 Å². The Morgan fingerprint density at radius 1 is 1.16 bits per heavy atom. The van der Waals surface area contributed by atoms with Crippen LogP contribution in [0.4, 0.5) is 0 Å². The Balaban J connectivity index is 1.58. The summed E-state index contributed by atoms with van der Waals surface area (Å²) < 4.78 is 1.56. The van der Waals surface area contributed by atoms with Crippen LogP contribution in [0.2, 0.25) is 0 Å². The number of aromatic nitrogens is 2. The van der Waals surface area contributed by atoms with Gasteiger partial charge >= 0.3 is 0 Å². The van der Waals surface area contributed by atoms with Gasteiger partial charge in [0.05, 0.1) is 0 Å². The number of hydrogen-bond donors (Lipinski definition) is 1. The summed E-state index contributed by atoms with van der Waals surface area (Å²) in [6.07, 6.45) is 4.27. The highest BCUT2D eigenvalue weighted by molar-refractivity contribution is 5.87. The van der Waals surface area contributed by atoms with Crippen molar-refractivity contribution in [1.29, 1.82) is 0 Å². The van der Waals surface area contributed by atoms with Gasteiger partial charge in [0.15, 0.2) is 0 Å². The summed E-state index contributed by atoms with van der Waals surface area (Å²) in [5, 5.41) is 4.04. The number of nitrogens with two attached hydrogens (primary N) is 1. The lowest BCUT2D eigenvalue weighted by molar-refractivity contribution is -0.143. The third-order valence-corrected chi connectivity index (χ3v) is 4.53. The smallest absolute Gasteiger partial charge is 0.245 e. The standard InChI is InChI=1S/C18H23N5O2/c19-18(25)16-13-21(10-7-15-5-2-1-3-6-15)11-12-23(16)17(24)14-22-9-4-8-20-22/h1-6,8-9,16H,7,10-14H2,(H2,19,25). The van der Waals surface area contributed by atoms with E-state index in [0.717, 1.165) is 19.5 Å². The quantitative estimate of drug-likeness (QED) is 0.809. The Kier molecular flexibility index (Phi) is 5.45. The van der Waals surface area contributed by atoms with Crippen LogP contribution in [-0.2, 0) is 22.6 Å². The molecule has 7 heteroatoms. The normalized spacial score (nSPS) is 18.2. The second-order valence-electron chi connectivity index (χ2n) is 6.25. The Morgan fingerprint density at radius 2 is 1.96 bits per heavy atom. The molecular weight excluding hydrogens is 318 g/mol. The van der Waals surface area contributed by atoms with E-state index in [9.17, 15) is 9.59 Å². The summed E-state index contributed by atoms with van der Waals surface area (Å²) in [5.74, 6) is -0.589. The third-order valence-electron chi connectivity index (χ3n) is 4.53. The van der Waals surface area contributed by atoms with Gasteiger partial charge in [0, 0.05) is 38.6 Å². The minimum absolute atomic E-state index is 0.126. The summed E-state index contributed by atoms with van der Waals surface area (Å²) in [7, 11) is 0. The van der Waals surface area contributed by atoms with E-state index < -0.39 is 11.9 Å². The Hall–Kier alpha value is -2.67. The fourth-order valence-corrected chi connectivity index (χ4v) is 3.14. The van der Waals surface area contributed by atoms with Crippen LogP contribution in [0.25, 0.3) is 0 Å². The molecule has 2 aromatic rings. The fraction of sp³-hybridized carbons (Fsp3) is 0.389. The molecule has 1 aliphatic heterocycles. The summed E-state index contributed by atoms with van der Waals surface area (Å²) >= 11 is 0. The molecule has 132 valence electrons. The largest absolute Gasteiger partial charge is 0.368 e. The van der Waals surface area contributed by atoms with Gasteiger partial charge in [-0.2, -0.15) is 5.10 Å². The molecular formula is C18H23N5O2. The summed E-state index contributed by atoms with van der Waals surface area (Å²) in [4.78, 5) is 28.2. The number of rotatable bonds is 6. The second-order valence-corrected chi connectivity index (χ2v) is 6.25. The number of piperazine rings is 1. The fourth-order valence-electron chi connectivity index (χ4n) is 3.14. The predicted octanol–water partition coefficient (Wildman–Crippen LogP) is 0.124. The van der Waals surface area contributed by atoms with Crippen LogP contribution in [0.15, 0.2) is 48.8 Å². The number of primary amides is 1. The molecule has 1 fully saturated rings. The van der Waals surface area contributed by atoms with Crippen molar-refractivity contribution in [2.45, 2.75) is 19.0 Å². The van der Waals surface area contributed by atoms with Gasteiger partial charge in [0.25, 0.3) is 0 Å². The highest BCUT2D eigenvalue weighted by Crippen LogP contribution is 2.12. The average molecular weight is 341 g/mol. The highest BCUT2D eigenvalue weighted by atomic mass is 16.2. The van der Waals surface area contributed by atoms with Gasteiger partial charge < -0.3 is 10.6 Å². The lowest BCUT2D eigenvalue weighted by atomic mass is 10.1. The molecule has 0 saturated carbocycles. The van der Waals surface area contributed by atoms with E-state index in [2.05, 4.69) is 22.1 Å². The molecule has 0 radical (unpaired) electrons. The van der Waals surface area contributed by atoms with Crippen LogP contribution in [0.1, 0.15) is 5.56 Å². The maximum atomic E-state index is 12.5. The van der Waals surface area contributed by atoms with Crippen molar-refractivity contribution in [3.05, 3.63) is 54.4 Å². The van der Waals surface area contributed by atoms with Gasteiger partial charge in [-0.25, -0.2) is 0 Å². The molecule has 2 N–H and O–H groups in total. The van der Waals surface area contributed by atoms with Gasteiger partial charge in [-0.1, -0.05) is 30.3 Å². The van der Waals surface area contributed by atoms with E-state index in [-0.39, 0.29) is 12.5 Å². The molecule has 0 spiro atoms. The Labute approximate surface area is 147 Å². The van der Waals surface area contributed by atoms with Crippen molar-refractivity contribution in [3.63, 3.8) is 0 Å². The first-order valence-electron chi connectivity index (χ1n) is 8.46. The molecule has 2 amide bonds. The molecule has 2 heterocycles. The zero-order chi connectivity index (χ0) is 17.6. The topological polar surface area (TPSA) is 84.5 Å². The number of amides is 2. The van der Waals surface area contributed by atoms with Gasteiger partial charge in [-0.3, -0.25) is 19.2 Å². The van der Waals surface area contributed by atoms with Crippen LogP contribution >= 0.6 is 0 Å².